The minimum absolute atomic E-state index is 0.0991. The first-order chi connectivity index (χ1) is 9.69. The van der Waals surface area contributed by atoms with E-state index in [4.69, 9.17) is 14.7 Å². The Balaban J connectivity index is 2.31. The van der Waals surface area contributed by atoms with Gasteiger partial charge in [-0.3, -0.25) is 0 Å². The number of benzene rings is 2. The van der Waals surface area contributed by atoms with Gasteiger partial charge in [0.1, 0.15) is 11.2 Å². The lowest BCUT2D eigenvalue weighted by molar-refractivity contribution is 0.230. The third kappa shape index (κ3) is 2.20. The molecule has 0 unspecified atom stereocenters. The molecule has 0 fully saturated rings. The zero-order chi connectivity index (χ0) is 14.1. The second-order valence-corrected chi connectivity index (χ2v) is 5.15. The Labute approximate surface area is 118 Å². The summed E-state index contributed by atoms with van der Waals surface area (Å²) in [5.41, 5.74) is 2.76. The van der Waals surface area contributed by atoms with E-state index in [2.05, 4.69) is 25.1 Å². The van der Waals surface area contributed by atoms with Crippen LogP contribution in [0, 0.1) is 0 Å². The van der Waals surface area contributed by atoms with Gasteiger partial charge in [-0.05, 0) is 31.7 Å². The summed E-state index contributed by atoms with van der Waals surface area (Å²) in [6.45, 7) is 6.09. The second kappa shape index (κ2) is 5.08. The van der Waals surface area contributed by atoms with Crippen LogP contribution in [0.2, 0.25) is 0 Å². The van der Waals surface area contributed by atoms with Crippen LogP contribution in [0.15, 0.2) is 36.4 Å². The molecule has 3 nitrogen and oxygen atoms in total. The Kier molecular flexibility index (Phi) is 3.26. The fourth-order valence-electron chi connectivity index (χ4n) is 2.36. The van der Waals surface area contributed by atoms with Crippen LogP contribution in [-0.4, -0.2) is 16.1 Å². The van der Waals surface area contributed by atoms with Crippen LogP contribution in [0.4, 0.5) is 0 Å². The summed E-state index contributed by atoms with van der Waals surface area (Å²) < 4.78 is 5.82. The van der Waals surface area contributed by atoms with Crippen LogP contribution < -0.4 is 4.74 Å². The monoisotopic (exact) mass is 266 g/mol. The lowest BCUT2D eigenvalue weighted by Crippen LogP contribution is -2.10. The van der Waals surface area contributed by atoms with Gasteiger partial charge >= 0.3 is 0 Å². The van der Waals surface area contributed by atoms with E-state index in [1.165, 1.54) is 5.39 Å². The lowest BCUT2D eigenvalue weighted by atomic mass is 10.1. The highest BCUT2D eigenvalue weighted by atomic mass is 16.5. The van der Waals surface area contributed by atoms with Crippen molar-refractivity contribution in [2.75, 3.05) is 0 Å². The lowest BCUT2D eigenvalue weighted by Gasteiger charge is -2.13. The zero-order valence-electron chi connectivity index (χ0n) is 12.1. The summed E-state index contributed by atoms with van der Waals surface area (Å²) in [5, 5.41) is 2.29. The normalized spacial score (nSPS) is 11.4. The standard InChI is InChI=1S/C17H18N2O/c1-4-14-17(20-11(2)3)19-16-13-8-6-5-7-12(13)9-10-15(16)18-14/h5-11H,4H2,1-3H3. The van der Waals surface area contributed by atoms with Crippen molar-refractivity contribution in [3.63, 3.8) is 0 Å². The maximum atomic E-state index is 5.82. The fourth-order valence-corrected chi connectivity index (χ4v) is 2.36. The average Bonchev–Trinajstić information content (AvgIpc) is 2.46. The Morgan fingerprint density at radius 2 is 1.85 bits per heavy atom. The van der Waals surface area contributed by atoms with Crippen molar-refractivity contribution in [3.8, 4) is 5.88 Å². The molecule has 0 spiro atoms. The summed E-state index contributed by atoms with van der Waals surface area (Å²) in [6, 6.07) is 12.4. The first-order valence-electron chi connectivity index (χ1n) is 7.04. The minimum Gasteiger partial charge on any atom is -0.474 e. The van der Waals surface area contributed by atoms with Gasteiger partial charge in [0.2, 0.25) is 5.88 Å². The summed E-state index contributed by atoms with van der Waals surface area (Å²) in [5.74, 6) is 0.659. The van der Waals surface area contributed by atoms with E-state index in [-0.39, 0.29) is 6.10 Å². The molecule has 102 valence electrons. The molecule has 0 N–H and O–H groups in total. The van der Waals surface area contributed by atoms with Gasteiger partial charge in [0.25, 0.3) is 0 Å². The molecule has 0 saturated heterocycles. The molecular weight excluding hydrogens is 248 g/mol. The average molecular weight is 266 g/mol. The Morgan fingerprint density at radius 1 is 1.05 bits per heavy atom. The number of aryl methyl sites for hydroxylation is 1. The predicted molar refractivity (Wildman–Crippen MR) is 82.2 cm³/mol. The molecule has 20 heavy (non-hydrogen) atoms. The Hall–Kier alpha value is -2.16. The van der Waals surface area contributed by atoms with E-state index in [0.29, 0.717) is 5.88 Å². The largest absolute Gasteiger partial charge is 0.474 e. The molecule has 0 amide bonds. The third-order valence-electron chi connectivity index (χ3n) is 3.28. The number of aromatic nitrogens is 2. The van der Waals surface area contributed by atoms with Crippen LogP contribution in [0.25, 0.3) is 21.8 Å². The van der Waals surface area contributed by atoms with E-state index < -0.39 is 0 Å². The van der Waals surface area contributed by atoms with Crippen molar-refractivity contribution in [2.45, 2.75) is 33.3 Å². The number of ether oxygens (including phenoxy) is 1. The minimum atomic E-state index is 0.0991. The van der Waals surface area contributed by atoms with E-state index >= 15 is 0 Å². The number of fused-ring (bicyclic) bond motifs is 3. The topological polar surface area (TPSA) is 35.0 Å². The quantitative estimate of drug-likeness (QED) is 0.668. The van der Waals surface area contributed by atoms with Crippen molar-refractivity contribution >= 4 is 21.8 Å². The third-order valence-corrected chi connectivity index (χ3v) is 3.28. The van der Waals surface area contributed by atoms with E-state index in [1.807, 2.05) is 32.0 Å². The molecule has 2 aromatic carbocycles. The highest BCUT2D eigenvalue weighted by molar-refractivity contribution is 6.03. The molecule has 3 heteroatoms. The smallest absolute Gasteiger partial charge is 0.236 e. The maximum Gasteiger partial charge on any atom is 0.236 e. The van der Waals surface area contributed by atoms with Crippen molar-refractivity contribution in [2.24, 2.45) is 0 Å². The molecular formula is C17H18N2O. The maximum absolute atomic E-state index is 5.82. The van der Waals surface area contributed by atoms with Gasteiger partial charge in [0, 0.05) is 5.39 Å². The highest BCUT2D eigenvalue weighted by Gasteiger charge is 2.12. The van der Waals surface area contributed by atoms with Crippen LogP contribution >= 0.6 is 0 Å². The first kappa shape index (κ1) is 12.9. The molecule has 0 saturated carbocycles. The summed E-state index contributed by atoms with van der Waals surface area (Å²) >= 11 is 0. The van der Waals surface area contributed by atoms with Crippen LogP contribution in [0.5, 0.6) is 5.88 Å². The molecule has 0 aliphatic carbocycles. The molecule has 3 rings (SSSR count). The summed E-state index contributed by atoms with van der Waals surface area (Å²) in [4.78, 5) is 9.44. The SMILES string of the molecule is CCc1nc2ccc3ccccc3c2nc1OC(C)C. The van der Waals surface area contributed by atoms with E-state index in [0.717, 1.165) is 28.5 Å². The predicted octanol–water partition coefficient (Wildman–Crippen LogP) is 4.13. The van der Waals surface area contributed by atoms with Crippen molar-refractivity contribution in [1.82, 2.24) is 9.97 Å². The molecule has 0 aliphatic heterocycles. The molecule has 0 radical (unpaired) electrons. The Bertz CT molecular complexity index is 765. The molecule has 0 aliphatic rings. The summed E-state index contributed by atoms with van der Waals surface area (Å²) in [6.07, 6.45) is 0.916. The second-order valence-electron chi connectivity index (χ2n) is 5.15. The van der Waals surface area contributed by atoms with Crippen LogP contribution in [-0.2, 0) is 6.42 Å². The van der Waals surface area contributed by atoms with Gasteiger partial charge in [0.15, 0.2) is 0 Å². The van der Waals surface area contributed by atoms with Gasteiger partial charge in [-0.25, -0.2) is 9.97 Å². The van der Waals surface area contributed by atoms with Gasteiger partial charge < -0.3 is 4.74 Å². The van der Waals surface area contributed by atoms with Crippen molar-refractivity contribution < 1.29 is 4.74 Å². The number of nitrogens with zero attached hydrogens (tertiary/aromatic N) is 2. The fraction of sp³-hybridized carbons (Fsp3) is 0.294. The van der Waals surface area contributed by atoms with Gasteiger partial charge in [-0.2, -0.15) is 0 Å². The zero-order valence-corrected chi connectivity index (χ0v) is 12.1. The van der Waals surface area contributed by atoms with E-state index in [1.54, 1.807) is 0 Å². The van der Waals surface area contributed by atoms with Gasteiger partial charge in [-0.1, -0.05) is 37.3 Å². The molecule has 0 atom stereocenters. The van der Waals surface area contributed by atoms with E-state index in [9.17, 15) is 0 Å². The molecule has 1 heterocycles. The van der Waals surface area contributed by atoms with Crippen LogP contribution in [0.3, 0.4) is 0 Å². The number of rotatable bonds is 3. The molecule has 1 aromatic heterocycles. The molecule has 3 aromatic rings. The van der Waals surface area contributed by atoms with Crippen molar-refractivity contribution in [3.05, 3.63) is 42.1 Å². The molecule has 0 bridgehead atoms. The highest BCUT2D eigenvalue weighted by Crippen LogP contribution is 2.26. The first-order valence-corrected chi connectivity index (χ1v) is 7.04. The van der Waals surface area contributed by atoms with Crippen LogP contribution in [0.1, 0.15) is 26.5 Å². The van der Waals surface area contributed by atoms with Gasteiger partial charge in [0.05, 0.1) is 11.6 Å². The number of hydrogen-bond acceptors (Lipinski definition) is 3. The number of hydrogen-bond donors (Lipinski definition) is 0. The summed E-state index contributed by atoms with van der Waals surface area (Å²) in [7, 11) is 0. The van der Waals surface area contributed by atoms with Gasteiger partial charge in [-0.15, -0.1) is 0 Å². The Morgan fingerprint density at radius 3 is 2.60 bits per heavy atom. The van der Waals surface area contributed by atoms with Crippen molar-refractivity contribution in [1.29, 1.82) is 0 Å².